The zero-order chi connectivity index (χ0) is 11.8. The molecule has 1 aromatic carbocycles. The minimum Gasteiger partial charge on any atom is -0.479 e. The first-order chi connectivity index (χ1) is 8.29. The number of fused-ring (bicyclic) bond motifs is 1. The molecular formula is C13H16N2O2. The van der Waals surface area contributed by atoms with E-state index in [4.69, 9.17) is 15.2 Å². The van der Waals surface area contributed by atoms with Gasteiger partial charge in [-0.1, -0.05) is 19.1 Å². The third-order valence-electron chi connectivity index (χ3n) is 3.30. The van der Waals surface area contributed by atoms with E-state index in [1.807, 2.05) is 17.2 Å². The number of hydrogen-bond acceptors (Lipinski definition) is 4. The molecular weight excluding hydrogens is 216 g/mol. The molecule has 0 fully saturated rings. The second-order valence-corrected chi connectivity index (χ2v) is 4.36. The van der Waals surface area contributed by atoms with Crippen LogP contribution in [0.2, 0.25) is 0 Å². The van der Waals surface area contributed by atoms with Crippen LogP contribution in [0.3, 0.4) is 0 Å². The molecule has 4 nitrogen and oxygen atoms in total. The summed E-state index contributed by atoms with van der Waals surface area (Å²) in [5.74, 6) is 0.889. The van der Waals surface area contributed by atoms with Crippen LogP contribution >= 0.6 is 0 Å². The molecule has 17 heavy (non-hydrogen) atoms. The maximum atomic E-state index is 6.24. The van der Waals surface area contributed by atoms with Crippen LogP contribution in [-0.2, 0) is 11.2 Å². The van der Waals surface area contributed by atoms with E-state index in [9.17, 15) is 0 Å². The molecule has 1 aromatic rings. The summed E-state index contributed by atoms with van der Waals surface area (Å²) in [4.78, 5) is 1.97. The number of aryl methyl sites for hydroxylation is 1. The first kappa shape index (κ1) is 10.5. The highest BCUT2D eigenvalue weighted by Crippen LogP contribution is 2.37. The molecule has 0 bridgehead atoms. The van der Waals surface area contributed by atoms with E-state index in [-0.39, 0.29) is 12.3 Å². The summed E-state index contributed by atoms with van der Waals surface area (Å²) in [6.07, 6.45) is 4.39. The van der Waals surface area contributed by atoms with Gasteiger partial charge in [0.25, 0.3) is 0 Å². The van der Waals surface area contributed by atoms with Crippen molar-refractivity contribution >= 4 is 0 Å². The average Bonchev–Trinajstić information content (AvgIpc) is 2.97. The quantitative estimate of drug-likeness (QED) is 0.843. The minimum atomic E-state index is -0.157. The van der Waals surface area contributed by atoms with Crippen molar-refractivity contribution < 1.29 is 9.47 Å². The minimum absolute atomic E-state index is 0.122. The first-order valence-corrected chi connectivity index (χ1v) is 5.88. The van der Waals surface area contributed by atoms with Gasteiger partial charge in [0, 0.05) is 11.8 Å². The molecule has 3 rings (SSSR count). The van der Waals surface area contributed by atoms with Gasteiger partial charge < -0.3 is 20.1 Å². The summed E-state index contributed by atoms with van der Waals surface area (Å²) < 4.78 is 11.0. The summed E-state index contributed by atoms with van der Waals surface area (Å²) in [7, 11) is 0. The second-order valence-electron chi connectivity index (χ2n) is 4.36. The lowest BCUT2D eigenvalue weighted by Gasteiger charge is -2.24. The zero-order valence-electron chi connectivity index (χ0n) is 9.80. The van der Waals surface area contributed by atoms with Gasteiger partial charge in [0.1, 0.15) is 12.0 Å². The predicted octanol–water partition coefficient (Wildman–Crippen LogP) is 1.73. The molecule has 0 aromatic heterocycles. The van der Waals surface area contributed by atoms with Crippen molar-refractivity contribution in [3.8, 4) is 5.75 Å². The normalized spacial score (nSPS) is 25.6. The second kappa shape index (κ2) is 3.96. The topological polar surface area (TPSA) is 47.7 Å². The number of rotatable bonds is 2. The maximum absolute atomic E-state index is 6.24. The van der Waals surface area contributed by atoms with Gasteiger partial charge in [0.05, 0.1) is 6.04 Å². The number of nitrogens with two attached hydrogens (primary N) is 1. The standard InChI is InChI=1S/C13H16N2O2/c1-2-9-3-4-11-10(7-9)12(14)13(17-11)15-5-6-16-8-15/h3-7,12-13H,2,8,14H2,1H3. The van der Waals surface area contributed by atoms with E-state index < -0.39 is 0 Å². The van der Waals surface area contributed by atoms with E-state index in [2.05, 4.69) is 19.1 Å². The fraction of sp³-hybridized carbons (Fsp3) is 0.385. The Morgan fingerprint density at radius 3 is 3.06 bits per heavy atom. The van der Waals surface area contributed by atoms with E-state index in [0.29, 0.717) is 6.73 Å². The fourth-order valence-corrected chi connectivity index (χ4v) is 2.27. The molecule has 0 aliphatic carbocycles. The molecule has 2 unspecified atom stereocenters. The molecule has 2 N–H and O–H groups in total. The Bertz CT molecular complexity index is 459. The molecule has 0 amide bonds. The Morgan fingerprint density at radius 2 is 2.35 bits per heavy atom. The highest BCUT2D eigenvalue weighted by Gasteiger charge is 2.36. The molecule has 0 saturated carbocycles. The highest BCUT2D eigenvalue weighted by atomic mass is 16.5. The zero-order valence-corrected chi connectivity index (χ0v) is 9.80. The van der Waals surface area contributed by atoms with Gasteiger partial charge in [0.2, 0.25) is 0 Å². The van der Waals surface area contributed by atoms with Crippen LogP contribution < -0.4 is 10.5 Å². The fourth-order valence-electron chi connectivity index (χ4n) is 2.27. The van der Waals surface area contributed by atoms with Gasteiger partial charge in [-0.05, 0) is 18.1 Å². The van der Waals surface area contributed by atoms with Gasteiger partial charge in [-0.2, -0.15) is 0 Å². The smallest absolute Gasteiger partial charge is 0.194 e. The molecule has 0 saturated heterocycles. The lowest BCUT2D eigenvalue weighted by atomic mass is 10.0. The lowest BCUT2D eigenvalue weighted by molar-refractivity contribution is 0.0222. The van der Waals surface area contributed by atoms with Gasteiger partial charge in [0.15, 0.2) is 13.0 Å². The SMILES string of the molecule is CCc1ccc2c(c1)C(N)C(N1C=COC1)O2. The molecule has 2 aliphatic heterocycles. The van der Waals surface area contributed by atoms with Crippen LogP contribution in [0.1, 0.15) is 24.1 Å². The van der Waals surface area contributed by atoms with Crippen molar-refractivity contribution in [3.63, 3.8) is 0 Å². The van der Waals surface area contributed by atoms with Crippen molar-refractivity contribution in [2.24, 2.45) is 5.73 Å². The van der Waals surface area contributed by atoms with Crippen LogP contribution in [0.4, 0.5) is 0 Å². The summed E-state index contributed by atoms with van der Waals surface area (Å²) in [6.45, 7) is 2.64. The van der Waals surface area contributed by atoms with Gasteiger partial charge >= 0.3 is 0 Å². The van der Waals surface area contributed by atoms with Crippen molar-refractivity contribution in [3.05, 3.63) is 41.8 Å². The van der Waals surface area contributed by atoms with E-state index >= 15 is 0 Å². The Balaban J connectivity index is 1.88. The van der Waals surface area contributed by atoms with Crippen LogP contribution in [0.25, 0.3) is 0 Å². The van der Waals surface area contributed by atoms with Crippen LogP contribution in [0, 0.1) is 0 Å². The molecule has 2 heterocycles. The monoisotopic (exact) mass is 232 g/mol. The van der Waals surface area contributed by atoms with Crippen molar-refractivity contribution in [2.45, 2.75) is 25.6 Å². The molecule has 0 spiro atoms. The van der Waals surface area contributed by atoms with Crippen LogP contribution in [0.15, 0.2) is 30.7 Å². The van der Waals surface area contributed by atoms with E-state index in [0.717, 1.165) is 17.7 Å². The highest BCUT2D eigenvalue weighted by molar-refractivity contribution is 5.43. The van der Waals surface area contributed by atoms with Crippen molar-refractivity contribution in [1.82, 2.24) is 4.90 Å². The van der Waals surface area contributed by atoms with Gasteiger partial charge in [-0.3, -0.25) is 0 Å². The predicted molar refractivity (Wildman–Crippen MR) is 64.1 cm³/mol. The van der Waals surface area contributed by atoms with E-state index in [1.54, 1.807) is 6.26 Å². The van der Waals surface area contributed by atoms with Crippen LogP contribution in [0.5, 0.6) is 5.75 Å². The number of nitrogens with zero attached hydrogens (tertiary/aromatic N) is 1. The molecule has 90 valence electrons. The number of hydrogen-bond donors (Lipinski definition) is 1. The van der Waals surface area contributed by atoms with Gasteiger partial charge in [-0.15, -0.1) is 0 Å². The molecule has 4 heteroatoms. The number of benzene rings is 1. The lowest BCUT2D eigenvalue weighted by Crippen LogP contribution is -2.39. The third-order valence-corrected chi connectivity index (χ3v) is 3.30. The summed E-state index contributed by atoms with van der Waals surface area (Å²) in [6, 6.07) is 6.11. The Kier molecular flexibility index (Phi) is 2.44. The summed E-state index contributed by atoms with van der Waals surface area (Å²) in [5, 5.41) is 0. The number of ether oxygens (including phenoxy) is 2. The first-order valence-electron chi connectivity index (χ1n) is 5.88. The average molecular weight is 232 g/mol. The van der Waals surface area contributed by atoms with Gasteiger partial charge in [-0.25, -0.2) is 0 Å². The largest absolute Gasteiger partial charge is 0.479 e. The van der Waals surface area contributed by atoms with Crippen LogP contribution in [-0.4, -0.2) is 17.9 Å². The molecule has 2 atom stereocenters. The molecule has 2 aliphatic rings. The van der Waals surface area contributed by atoms with Crippen molar-refractivity contribution in [2.75, 3.05) is 6.73 Å². The summed E-state index contributed by atoms with van der Waals surface area (Å²) in [5.41, 5.74) is 8.62. The Morgan fingerprint density at radius 1 is 1.47 bits per heavy atom. The van der Waals surface area contributed by atoms with Crippen molar-refractivity contribution in [1.29, 1.82) is 0 Å². The summed E-state index contributed by atoms with van der Waals surface area (Å²) >= 11 is 0. The Labute approximate surface area is 101 Å². The third kappa shape index (κ3) is 1.65. The maximum Gasteiger partial charge on any atom is 0.194 e. The Hall–Kier alpha value is -1.68. The molecule has 0 radical (unpaired) electrons. The van der Waals surface area contributed by atoms with E-state index in [1.165, 1.54) is 5.56 Å².